The van der Waals surface area contributed by atoms with Crippen LogP contribution >= 0.6 is 0 Å². The number of nitrogens with zero attached hydrogens (tertiary/aromatic N) is 2. The first-order chi connectivity index (χ1) is 19.2. The van der Waals surface area contributed by atoms with E-state index in [4.69, 9.17) is 4.74 Å². The molecule has 9 heteroatoms. The molecule has 1 saturated heterocycles. The van der Waals surface area contributed by atoms with Gasteiger partial charge in [-0.2, -0.15) is 13.7 Å². The molecule has 0 spiro atoms. The molecule has 6 rings (SSSR count). The van der Waals surface area contributed by atoms with Gasteiger partial charge in [-0.15, -0.1) is 3.89 Å². The van der Waals surface area contributed by atoms with Crippen LogP contribution in [0.2, 0.25) is 0 Å². The summed E-state index contributed by atoms with van der Waals surface area (Å²) in [5.41, 5.74) is 4.71. The van der Waals surface area contributed by atoms with E-state index in [1.54, 1.807) is 18.2 Å². The first-order valence-electron chi connectivity index (χ1n) is 13.3. The van der Waals surface area contributed by atoms with E-state index in [1.807, 2.05) is 18.2 Å². The third-order valence-electron chi connectivity index (χ3n) is 7.71. The Labute approximate surface area is 231 Å². The molecule has 2 aromatic heterocycles. The predicted octanol–water partition coefficient (Wildman–Crippen LogP) is 6.38. The van der Waals surface area contributed by atoms with Crippen molar-refractivity contribution in [2.75, 3.05) is 13.2 Å². The van der Waals surface area contributed by atoms with E-state index in [9.17, 15) is 22.4 Å². The lowest BCUT2D eigenvalue weighted by Gasteiger charge is -2.28. The van der Waals surface area contributed by atoms with Gasteiger partial charge >= 0.3 is 10.2 Å². The van der Waals surface area contributed by atoms with Gasteiger partial charge in [0.2, 0.25) is 0 Å². The molecular weight excluding hydrogens is 529 g/mol. The number of halogens is 1. The third kappa shape index (κ3) is 4.47. The second-order valence-electron chi connectivity index (χ2n) is 10.9. The molecule has 3 aromatic carbocycles. The number of nitriles is 1. The quantitative estimate of drug-likeness (QED) is 0.252. The Morgan fingerprint density at radius 1 is 1.10 bits per heavy atom. The standard InChI is InChI=1S/C31H28FN3O4S/c1-18(2)12-21-15-26-28(16-25(21)20-4-3-5-23(14-20)40(32,37)38)35(22-8-10-39-11-9-22)31-29(30(26)36)24-7-6-19(17-33)13-27(24)34-31/h3-7,13-16,18,22,34H,8-12H2,1-2H3. The summed E-state index contributed by atoms with van der Waals surface area (Å²) in [4.78, 5) is 17.2. The van der Waals surface area contributed by atoms with Crippen molar-refractivity contribution in [3.05, 3.63) is 75.9 Å². The van der Waals surface area contributed by atoms with Gasteiger partial charge in [-0.25, -0.2) is 0 Å². The molecule has 40 heavy (non-hydrogen) atoms. The van der Waals surface area contributed by atoms with E-state index >= 15 is 0 Å². The molecule has 0 unspecified atom stereocenters. The molecule has 7 nitrogen and oxygen atoms in total. The van der Waals surface area contributed by atoms with Crippen molar-refractivity contribution in [2.45, 2.75) is 44.0 Å². The Balaban J connectivity index is 1.75. The van der Waals surface area contributed by atoms with E-state index in [2.05, 4.69) is 29.5 Å². The van der Waals surface area contributed by atoms with Gasteiger partial charge in [0.15, 0.2) is 5.43 Å². The lowest BCUT2D eigenvalue weighted by atomic mass is 9.91. The Morgan fingerprint density at radius 2 is 1.88 bits per heavy atom. The Bertz CT molecular complexity index is 2010. The maximum Gasteiger partial charge on any atom is 0.332 e. The predicted molar refractivity (Wildman–Crippen MR) is 154 cm³/mol. The van der Waals surface area contributed by atoms with Crippen LogP contribution in [0.15, 0.2) is 64.3 Å². The average Bonchev–Trinajstić information content (AvgIpc) is 3.31. The molecule has 3 heterocycles. The van der Waals surface area contributed by atoms with Crippen molar-refractivity contribution in [3.8, 4) is 17.2 Å². The summed E-state index contributed by atoms with van der Waals surface area (Å²) in [7, 11) is -4.89. The number of aromatic nitrogens is 2. The van der Waals surface area contributed by atoms with Gasteiger partial charge in [-0.3, -0.25) is 4.79 Å². The number of ether oxygens (including phenoxy) is 1. The van der Waals surface area contributed by atoms with Crippen molar-refractivity contribution in [1.29, 1.82) is 5.26 Å². The molecule has 0 amide bonds. The monoisotopic (exact) mass is 557 g/mol. The highest BCUT2D eigenvalue weighted by atomic mass is 32.3. The van der Waals surface area contributed by atoms with Gasteiger partial charge in [-0.1, -0.05) is 32.0 Å². The fourth-order valence-corrected chi connectivity index (χ4v) is 6.46. The van der Waals surface area contributed by atoms with Crippen molar-refractivity contribution in [2.24, 2.45) is 5.92 Å². The molecule has 1 fully saturated rings. The minimum atomic E-state index is -4.89. The number of fused-ring (bicyclic) bond motifs is 4. The number of aromatic amines is 1. The fraction of sp³-hybridized carbons (Fsp3) is 0.290. The SMILES string of the molecule is CC(C)Cc1cc2c(=O)c3c4ccc(C#N)cc4[nH]c3n(C3CCOCC3)c2cc1-c1cccc(S(=O)(=O)F)c1. The molecular formula is C31H28FN3O4S. The molecule has 5 aromatic rings. The topological polar surface area (TPSA) is 105 Å². The van der Waals surface area contributed by atoms with Crippen molar-refractivity contribution >= 4 is 43.1 Å². The molecule has 1 aliphatic heterocycles. The van der Waals surface area contributed by atoms with E-state index in [0.29, 0.717) is 58.2 Å². The van der Waals surface area contributed by atoms with Gasteiger partial charge in [0.05, 0.1) is 27.4 Å². The van der Waals surface area contributed by atoms with E-state index < -0.39 is 15.1 Å². The summed E-state index contributed by atoms with van der Waals surface area (Å²) in [6, 6.07) is 17.3. The molecule has 1 aliphatic rings. The first-order valence-corrected chi connectivity index (χ1v) is 14.7. The van der Waals surface area contributed by atoms with E-state index in [-0.39, 0.29) is 17.4 Å². The largest absolute Gasteiger partial charge is 0.381 e. The van der Waals surface area contributed by atoms with Gasteiger partial charge in [0.25, 0.3) is 0 Å². The maximum atomic E-state index is 14.2. The number of pyridine rings is 1. The summed E-state index contributed by atoms with van der Waals surface area (Å²) in [5.74, 6) is 0.253. The number of hydrogen-bond acceptors (Lipinski definition) is 5. The van der Waals surface area contributed by atoms with Gasteiger partial charge in [0.1, 0.15) is 5.65 Å². The van der Waals surface area contributed by atoms with Crippen LogP contribution in [-0.4, -0.2) is 31.2 Å². The average molecular weight is 558 g/mol. The molecule has 1 N–H and O–H groups in total. The van der Waals surface area contributed by atoms with Crippen LogP contribution in [0.4, 0.5) is 3.89 Å². The zero-order chi connectivity index (χ0) is 28.2. The van der Waals surface area contributed by atoms with Crippen molar-refractivity contribution < 1.29 is 17.0 Å². The van der Waals surface area contributed by atoms with Crippen LogP contribution in [0.1, 0.15) is 43.9 Å². The molecule has 0 aliphatic carbocycles. The minimum absolute atomic E-state index is 0.0456. The van der Waals surface area contributed by atoms with Crippen LogP contribution in [0.25, 0.3) is 44.0 Å². The summed E-state index contributed by atoms with van der Waals surface area (Å²) in [6.07, 6.45) is 2.15. The van der Waals surface area contributed by atoms with Crippen LogP contribution < -0.4 is 5.43 Å². The highest BCUT2D eigenvalue weighted by molar-refractivity contribution is 7.86. The summed E-state index contributed by atoms with van der Waals surface area (Å²) in [5, 5.41) is 11.3. The number of nitrogens with one attached hydrogen (secondary N) is 1. The second kappa shape index (κ2) is 9.88. The summed E-state index contributed by atoms with van der Waals surface area (Å²) in [6.45, 7) is 5.33. The molecule has 0 radical (unpaired) electrons. The highest BCUT2D eigenvalue weighted by Crippen LogP contribution is 2.37. The lowest BCUT2D eigenvalue weighted by molar-refractivity contribution is 0.0715. The van der Waals surface area contributed by atoms with Crippen LogP contribution in [0.5, 0.6) is 0 Å². The Kier molecular flexibility index (Phi) is 6.48. The van der Waals surface area contributed by atoms with Gasteiger partial charge in [-0.05, 0) is 78.3 Å². The normalized spacial score (nSPS) is 14.9. The van der Waals surface area contributed by atoms with E-state index in [0.717, 1.165) is 29.4 Å². The summed E-state index contributed by atoms with van der Waals surface area (Å²) < 4.78 is 45.2. The summed E-state index contributed by atoms with van der Waals surface area (Å²) >= 11 is 0. The third-order valence-corrected chi connectivity index (χ3v) is 8.53. The number of hydrogen-bond donors (Lipinski definition) is 1. The number of benzene rings is 3. The highest BCUT2D eigenvalue weighted by Gasteiger charge is 2.25. The fourth-order valence-electron chi connectivity index (χ4n) is 5.95. The molecule has 204 valence electrons. The van der Waals surface area contributed by atoms with Crippen molar-refractivity contribution in [1.82, 2.24) is 9.55 Å². The van der Waals surface area contributed by atoms with Gasteiger partial charge < -0.3 is 14.3 Å². The van der Waals surface area contributed by atoms with Gasteiger partial charge in [0, 0.05) is 35.5 Å². The molecule has 0 saturated carbocycles. The van der Waals surface area contributed by atoms with Crippen LogP contribution in [-0.2, 0) is 21.4 Å². The van der Waals surface area contributed by atoms with Crippen LogP contribution in [0.3, 0.4) is 0 Å². The molecule has 0 bridgehead atoms. The van der Waals surface area contributed by atoms with Crippen molar-refractivity contribution in [3.63, 3.8) is 0 Å². The maximum absolute atomic E-state index is 14.2. The lowest BCUT2D eigenvalue weighted by Crippen LogP contribution is -2.23. The van der Waals surface area contributed by atoms with Crippen LogP contribution in [0, 0.1) is 17.2 Å². The van der Waals surface area contributed by atoms with E-state index in [1.165, 1.54) is 18.2 Å². The zero-order valence-electron chi connectivity index (χ0n) is 22.2. The second-order valence-corrected chi connectivity index (χ2v) is 12.2. The number of H-pyrrole nitrogens is 1. The smallest absolute Gasteiger partial charge is 0.332 e. The Hall–Kier alpha value is -4.00. The minimum Gasteiger partial charge on any atom is -0.381 e. The zero-order valence-corrected chi connectivity index (χ0v) is 23.0. The molecule has 0 atom stereocenters. The Morgan fingerprint density at radius 3 is 2.58 bits per heavy atom. The first kappa shape index (κ1) is 26.2. The number of rotatable bonds is 5.